The first-order valence-electron chi connectivity index (χ1n) is 15.9. The second kappa shape index (κ2) is 10.4. The molecule has 218 valence electrons. The van der Waals surface area contributed by atoms with Crippen molar-refractivity contribution in [3.8, 4) is 22.3 Å². The van der Waals surface area contributed by atoms with E-state index in [2.05, 4.69) is 182 Å². The van der Waals surface area contributed by atoms with Crippen molar-refractivity contribution in [3.05, 3.63) is 187 Å². The lowest BCUT2D eigenvalue weighted by Gasteiger charge is -2.28. The highest BCUT2D eigenvalue weighted by atomic mass is 16.3. The molecular formula is C44H31NO. The molecule has 0 N–H and O–H groups in total. The molecule has 0 unspecified atom stereocenters. The maximum absolute atomic E-state index is 6.55. The number of fused-ring (bicyclic) bond motifs is 6. The molecule has 0 radical (unpaired) electrons. The predicted molar refractivity (Wildman–Crippen MR) is 191 cm³/mol. The number of hydrogen-bond donors (Lipinski definition) is 0. The highest BCUT2D eigenvalue weighted by Crippen LogP contribution is 2.52. The fraction of sp³-hybridized carbons (Fsp3) is 0.0455. The van der Waals surface area contributed by atoms with Crippen molar-refractivity contribution in [1.82, 2.24) is 0 Å². The first-order valence-corrected chi connectivity index (χ1v) is 15.9. The summed E-state index contributed by atoms with van der Waals surface area (Å²) in [7, 11) is 0. The van der Waals surface area contributed by atoms with Gasteiger partial charge in [0.1, 0.15) is 11.2 Å². The van der Waals surface area contributed by atoms with Crippen LogP contribution >= 0.6 is 0 Å². The van der Waals surface area contributed by atoms with E-state index in [9.17, 15) is 0 Å². The molecular weight excluding hydrogens is 558 g/mol. The smallest absolute Gasteiger partial charge is 0.137 e. The summed E-state index contributed by atoms with van der Waals surface area (Å²) in [5, 5.41) is 2.26. The average Bonchev–Trinajstić information content (AvgIpc) is 3.62. The lowest BCUT2D eigenvalue weighted by atomic mass is 9.74. The topological polar surface area (TPSA) is 16.4 Å². The van der Waals surface area contributed by atoms with E-state index >= 15 is 0 Å². The van der Waals surface area contributed by atoms with Gasteiger partial charge in [-0.2, -0.15) is 0 Å². The van der Waals surface area contributed by atoms with Gasteiger partial charge in [0.2, 0.25) is 0 Å². The lowest BCUT2D eigenvalue weighted by molar-refractivity contribution is 0.667. The summed E-state index contributed by atoms with van der Waals surface area (Å²) >= 11 is 0. The normalized spacial score (nSPS) is 13.1. The summed E-state index contributed by atoms with van der Waals surface area (Å²) < 4.78 is 6.55. The van der Waals surface area contributed by atoms with Crippen LogP contribution in [-0.2, 0) is 5.41 Å². The predicted octanol–water partition coefficient (Wildman–Crippen LogP) is 12.1. The van der Waals surface area contributed by atoms with Gasteiger partial charge in [-0.05, 0) is 94.4 Å². The second-order valence-electron chi connectivity index (χ2n) is 12.3. The average molecular weight is 590 g/mol. The first-order chi connectivity index (χ1) is 22.7. The third kappa shape index (κ3) is 4.04. The van der Waals surface area contributed by atoms with E-state index in [1.165, 1.54) is 38.9 Å². The van der Waals surface area contributed by atoms with Crippen LogP contribution in [-0.4, -0.2) is 0 Å². The molecule has 0 atom stereocenters. The number of para-hydroxylation sites is 1. The highest BCUT2D eigenvalue weighted by Gasteiger charge is 2.40. The Morgan fingerprint density at radius 3 is 1.70 bits per heavy atom. The molecule has 7 aromatic carbocycles. The third-order valence-electron chi connectivity index (χ3n) is 9.76. The fourth-order valence-electron chi connectivity index (χ4n) is 7.44. The molecule has 9 rings (SSSR count). The van der Waals surface area contributed by atoms with E-state index < -0.39 is 0 Å². The molecule has 1 heterocycles. The fourth-order valence-corrected chi connectivity index (χ4v) is 7.44. The summed E-state index contributed by atoms with van der Waals surface area (Å²) in [5.74, 6) is 0. The summed E-state index contributed by atoms with van der Waals surface area (Å²) in [5.41, 5.74) is 13.8. The molecule has 0 fully saturated rings. The quantitative estimate of drug-likeness (QED) is 0.199. The SMILES string of the molecule is CC1(c2ccc3oc4cc(N(c5ccccc5)c5ccc(-c6ccccc6)cc5)ccc4c3c2)c2ccccc2-c2ccccc21. The van der Waals surface area contributed by atoms with Crippen LogP contribution in [0.5, 0.6) is 0 Å². The number of nitrogens with zero attached hydrogens (tertiary/aromatic N) is 1. The number of hydrogen-bond acceptors (Lipinski definition) is 2. The third-order valence-corrected chi connectivity index (χ3v) is 9.76. The van der Waals surface area contributed by atoms with E-state index in [-0.39, 0.29) is 5.41 Å². The number of rotatable bonds is 5. The lowest BCUT2D eigenvalue weighted by Crippen LogP contribution is -2.22. The Morgan fingerprint density at radius 2 is 1.00 bits per heavy atom. The minimum absolute atomic E-state index is 0.249. The van der Waals surface area contributed by atoms with Crippen LogP contribution in [0.2, 0.25) is 0 Å². The maximum atomic E-state index is 6.55. The molecule has 46 heavy (non-hydrogen) atoms. The van der Waals surface area contributed by atoms with Gasteiger partial charge in [0.25, 0.3) is 0 Å². The number of benzene rings is 7. The van der Waals surface area contributed by atoms with Gasteiger partial charge in [-0.1, -0.05) is 115 Å². The summed E-state index contributed by atoms with van der Waals surface area (Å²) in [6.45, 7) is 2.36. The molecule has 0 saturated carbocycles. The van der Waals surface area contributed by atoms with Gasteiger partial charge in [0, 0.05) is 39.3 Å². The molecule has 1 aromatic heterocycles. The Morgan fingerprint density at radius 1 is 0.435 bits per heavy atom. The molecule has 0 spiro atoms. The number of furan rings is 1. The molecule has 8 aromatic rings. The maximum Gasteiger partial charge on any atom is 0.137 e. The Kier molecular flexibility index (Phi) is 5.97. The van der Waals surface area contributed by atoms with Crippen molar-refractivity contribution in [2.75, 3.05) is 4.90 Å². The van der Waals surface area contributed by atoms with Crippen LogP contribution < -0.4 is 4.90 Å². The summed E-state index contributed by atoms with van der Waals surface area (Å²) in [6, 6.07) is 60.8. The molecule has 0 amide bonds. The van der Waals surface area contributed by atoms with Gasteiger partial charge >= 0.3 is 0 Å². The van der Waals surface area contributed by atoms with Crippen molar-refractivity contribution in [2.24, 2.45) is 0 Å². The monoisotopic (exact) mass is 589 g/mol. The summed E-state index contributed by atoms with van der Waals surface area (Å²) in [6.07, 6.45) is 0. The zero-order chi connectivity index (χ0) is 30.7. The molecule has 2 nitrogen and oxygen atoms in total. The van der Waals surface area contributed by atoms with Crippen molar-refractivity contribution < 1.29 is 4.42 Å². The molecule has 0 bridgehead atoms. The zero-order valence-electron chi connectivity index (χ0n) is 25.5. The van der Waals surface area contributed by atoms with Crippen molar-refractivity contribution in [2.45, 2.75) is 12.3 Å². The van der Waals surface area contributed by atoms with E-state index in [0.29, 0.717) is 0 Å². The van der Waals surface area contributed by atoms with Gasteiger partial charge in [-0.25, -0.2) is 0 Å². The van der Waals surface area contributed by atoms with Gasteiger partial charge in [-0.15, -0.1) is 0 Å². The van der Waals surface area contributed by atoms with Crippen LogP contribution in [0.4, 0.5) is 17.1 Å². The van der Waals surface area contributed by atoms with Crippen LogP contribution in [0.25, 0.3) is 44.2 Å². The first kappa shape index (κ1) is 26.5. The molecule has 0 aliphatic heterocycles. The molecule has 1 aliphatic rings. The Balaban J connectivity index is 1.16. The van der Waals surface area contributed by atoms with E-state index in [1.807, 2.05) is 0 Å². The van der Waals surface area contributed by atoms with Crippen LogP contribution in [0.15, 0.2) is 174 Å². The standard InChI is InChI=1S/C44H31NO/c1-44(40-18-10-8-16-36(40)37-17-9-11-19-41(37)44)32-22-27-42-39(28-32)38-26-25-35(29-43(38)46-42)45(33-14-6-3-7-15-33)34-23-20-31(21-24-34)30-12-4-2-5-13-30/h2-29H,1H3. The van der Waals surface area contributed by atoms with Crippen LogP contribution in [0.1, 0.15) is 23.6 Å². The largest absolute Gasteiger partial charge is 0.456 e. The Bertz CT molecular complexity index is 2320. The number of anilines is 3. The Labute approximate surface area is 268 Å². The summed E-state index contributed by atoms with van der Waals surface area (Å²) in [4.78, 5) is 2.29. The van der Waals surface area contributed by atoms with Gasteiger partial charge in [0.05, 0.1) is 0 Å². The Hall–Kier alpha value is -5.86. The molecule has 1 aliphatic carbocycles. The molecule has 0 saturated heterocycles. The van der Waals surface area contributed by atoms with Gasteiger partial charge in [0.15, 0.2) is 0 Å². The van der Waals surface area contributed by atoms with Crippen molar-refractivity contribution in [3.63, 3.8) is 0 Å². The minimum atomic E-state index is -0.249. The second-order valence-corrected chi connectivity index (χ2v) is 12.3. The van der Waals surface area contributed by atoms with Crippen LogP contribution in [0.3, 0.4) is 0 Å². The van der Waals surface area contributed by atoms with E-state index in [0.717, 1.165) is 39.0 Å². The van der Waals surface area contributed by atoms with E-state index in [1.54, 1.807) is 0 Å². The highest BCUT2D eigenvalue weighted by molar-refractivity contribution is 6.06. The van der Waals surface area contributed by atoms with Crippen LogP contribution in [0, 0.1) is 0 Å². The zero-order valence-corrected chi connectivity index (χ0v) is 25.5. The molecule has 2 heteroatoms. The van der Waals surface area contributed by atoms with Gasteiger partial charge in [-0.3, -0.25) is 0 Å². The van der Waals surface area contributed by atoms with Crippen molar-refractivity contribution in [1.29, 1.82) is 0 Å². The minimum Gasteiger partial charge on any atom is -0.456 e. The van der Waals surface area contributed by atoms with Gasteiger partial charge < -0.3 is 9.32 Å². The van der Waals surface area contributed by atoms with Crippen molar-refractivity contribution >= 4 is 39.0 Å². The van der Waals surface area contributed by atoms with E-state index in [4.69, 9.17) is 4.42 Å².